The van der Waals surface area contributed by atoms with Gasteiger partial charge in [-0.3, -0.25) is 14.7 Å². The van der Waals surface area contributed by atoms with E-state index < -0.39 is 4.92 Å². The van der Waals surface area contributed by atoms with E-state index in [1.54, 1.807) is 18.5 Å². The van der Waals surface area contributed by atoms with Gasteiger partial charge in [0.25, 0.3) is 5.69 Å². The molecule has 3 rings (SSSR count). The number of nitro groups is 1. The SMILES string of the molecule is O=[N+]([O-])c1cc(CO)ccc1-n1cnc2c1CCCC2. The molecule has 0 aliphatic heterocycles. The zero-order valence-electron chi connectivity index (χ0n) is 11.0. The van der Waals surface area contributed by atoms with Gasteiger partial charge in [-0.05, 0) is 37.3 Å². The molecule has 104 valence electrons. The summed E-state index contributed by atoms with van der Waals surface area (Å²) in [6.07, 6.45) is 5.70. The summed E-state index contributed by atoms with van der Waals surface area (Å²) in [5.41, 5.74) is 3.16. The van der Waals surface area contributed by atoms with Crippen LogP contribution in [0.5, 0.6) is 0 Å². The number of aliphatic hydroxyl groups is 1. The zero-order chi connectivity index (χ0) is 14.1. The Kier molecular flexibility index (Phi) is 3.23. The third kappa shape index (κ3) is 2.08. The van der Waals surface area contributed by atoms with Gasteiger partial charge in [-0.15, -0.1) is 0 Å². The van der Waals surface area contributed by atoms with E-state index in [1.165, 1.54) is 6.07 Å². The van der Waals surface area contributed by atoms with Gasteiger partial charge in [0.05, 0.1) is 23.6 Å². The molecular weight excluding hydrogens is 258 g/mol. The number of hydrogen-bond acceptors (Lipinski definition) is 4. The fourth-order valence-corrected chi connectivity index (χ4v) is 2.69. The maximum Gasteiger partial charge on any atom is 0.293 e. The number of nitrogens with zero attached hydrogens (tertiary/aromatic N) is 3. The molecule has 2 aromatic rings. The molecule has 6 heteroatoms. The highest BCUT2D eigenvalue weighted by Gasteiger charge is 2.21. The second-order valence-corrected chi connectivity index (χ2v) is 4.95. The van der Waals surface area contributed by atoms with Crippen LogP contribution in [0.15, 0.2) is 24.5 Å². The van der Waals surface area contributed by atoms with Crippen LogP contribution in [0.25, 0.3) is 5.69 Å². The van der Waals surface area contributed by atoms with Crippen LogP contribution in [0.1, 0.15) is 29.8 Å². The second-order valence-electron chi connectivity index (χ2n) is 4.95. The summed E-state index contributed by atoms with van der Waals surface area (Å²) in [4.78, 5) is 15.2. The van der Waals surface area contributed by atoms with Gasteiger partial charge in [0.15, 0.2) is 0 Å². The molecule has 0 saturated heterocycles. The van der Waals surface area contributed by atoms with E-state index in [0.29, 0.717) is 11.3 Å². The van der Waals surface area contributed by atoms with Crippen molar-refractivity contribution >= 4 is 5.69 Å². The molecule has 20 heavy (non-hydrogen) atoms. The van der Waals surface area contributed by atoms with E-state index in [0.717, 1.165) is 37.1 Å². The Balaban J connectivity index is 2.14. The van der Waals surface area contributed by atoms with E-state index in [-0.39, 0.29) is 12.3 Å². The number of aliphatic hydroxyl groups excluding tert-OH is 1. The molecule has 1 aromatic carbocycles. The number of hydrogen-bond donors (Lipinski definition) is 1. The van der Waals surface area contributed by atoms with Crippen molar-refractivity contribution in [1.29, 1.82) is 0 Å². The average molecular weight is 273 g/mol. The van der Waals surface area contributed by atoms with Crippen molar-refractivity contribution in [3.63, 3.8) is 0 Å². The molecule has 0 unspecified atom stereocenters. The number of benzene rings is 1. The lowest BCUT2D eigenvalue weighted by Gasteiger charge is -2.14. The molecule has 0 amide bonds. The van der Waals surface area contributed by atoms with Gasteiger partial charge in [0, 0.05) is 11.8 Å². The monoisotopic (exact) mass is 273 g/mol. The highest BCUT2D eigenvalue weighted by atomic mass is 16.6. The van der Waals surface area contributed by atoms with E-state index in [2.05, 4.69) is 4.98 Å². The van der Waals surface area contributed by atoms with Crippen molar-refractivity contribution in [2.75, 3.05) is 0 Å². The summed E-state index contributed by atoms with van der Waals surface area (Å²) in [5, 5.41) is 20.4. The summed E-state index contributed by atoms with van der Waals surface area (Å²) in [6.45, 7) is -0.205. The molecule has 0 fully saturated rings. The van der Waals surface area contributed by atoms with Crippen LogP contribution in [0.3, 0.4) is 0 Å². The smallest absolute Gasteiger partial charge is 0.293 e. The predicted octanol–water partition coefficient (Wildman–Crippen LogP) is 2.15. The normalized spacial score (nSPS) is 14.1. The van der Waals surface area contributed by atoms with Crippen molar-refractivity contribution in [2.45, 2.75) is 32.3 Å². The average Bonchev–Trinajstić information content (AvgIpc) is 2.90. The number of fused-ring (bicyclic) bond motifs is 1. The first-order chi connectivity index (χ1) is 9.70. The van der Waals surface area contributed by atoms with Crippen LogP contribution >= 0.6 is 0 Å². The minimum Gasteiger partial charge on any atom is -0.392 e. The van der Waals surface area contributed by atoms with Crippen LogP contribution in [0.4, 0.5) is 5.69 Å². The van der Waals surface area contributed by atoms with Crippen LogP contribution in [0.2, 0.25) is 0 Å². The van der Waals surface area contributed by atoms with E-state index in [4.69, 9.17) is 5.11 Å². The minimum atomic E-state index is -0.413. The Bertz CT molecular complexity index is 664. The molecule has 1 aliphatic rings. The summed E-state index contributed by atoms with van der Waals surface area (Å²) in [6, 6.07) is 4.81. The minimum absolute atomic E-state index is 0.00215. The first-order valence-corrected chi connectivity index (χ1v) is 6.64. The molecule has 0 spiro atoms. The van der Waals surface area contributed by atoms with Crippen molar-refractivity contribution in [3.05, 3.63) is 51.6 Å². The number of rotatable bonds is 3. The first-order valence-electron chi connectivity index (χ1n) is 6.64. The molecule has 6 nitrogen and oxygen atoms in total. The molecule has 1 aromatic heterocycles. The van der Waals surface area contributed by atoms with E-state index in [1.807, 2.05) is 4.57 Å². The van der Waals surface area contributed by atoms with Crippen LogP contribution in [-0.4, -0.2) is 19.6 Å². The quantitative estimate of drug-likeness (QED) is 0.686. The second kappa shape index (κ2) is 5.05. The van der Waals surface area contributed by atoms with Crippen LogP contribution in [0, 0.1) is 10.1 Å². The fraction of sp³-hybridized carbons (Fsp3) is 0.357. The molecular formula is C14H15N3O3. The molecule has 1 heterocycles. The Morgan fingerprint density at radius 3 is 2.90 bits per heavy atom. The van der Waals surface area contributed by atoms with Crippen molar-refractivity contribution < 1.29 is 10.0 Å². The van der Waals surface area contributed by atoms with Gasteiger partial charge >= 0.3 is 0 Å². The van der Waals surface area contributed by atoms with Crippen molar-refractivity contribution in [3.8, 4) is 5.69 Å². The third-order valence-electron chi connectivity index (χ3n) is 3.71. The Morgan fingerprint density at radius 2 is 2.15 bits per heavy atom. The number of nitro benzene ring substituents is 1. The Hall–Kier alpha value is -2.21. The molecule has 0 atom stereocenters. The van der Waals surface area contributed by atoms with Gasteiger partial charge in [-0.25, -0.2) is 4.98 Å². The molecule has 1 aliphatic carbocycles. The molecule has 0 radical (unpaired) electrons. The summed E-state index contributed by atoms with van der Waals surface area (Å²) in [7, 11) is 0. The largest absolute Gasteiger partial charge is 0.392 e. The van der Waals surface area contributed by atoms with Gasteiger partial charge in [0.1, 0.15) is 5.69 Å². The highest BCUT2D eigenvalue weighted by Crippen LogP contribution is 2.29. The zero-order valence-corrected chi connectivity index (χ0v) is 11.0. The summed E-state index contributed by atoms with van der Waals surface area (Å²) in [5.74, 6) is 0. The third-order valence-corrected chi connectivity index (χ3v) is 3.71. The summed E-state index contributed by atoms with van der Waals surface area (Å²) < 4.78 is 1.81. The molecule has 0 saturated carbocycles. The van der Waals surface area contributed by atoms with E-state index >= 15 is 0 Å². The van der Waals surface area contributed by atoms with Gasteiger partial charge in [0.2, 0.25) is 0 Å². The lowest BCUT2D eigenvalue weighted by molar-refractivity contribution is -0.384. The van der Waals surface area contributed by atoms with Gasteiger partial charge in [-0.2, -0.15) is 0 Å². The highest BCUT2D eigenvalue weighted by molar-refractivity contribution is 5.55. The predicted molar refractivity (Wildman–Crippen MR) is 72.8 cm³/mol. The maximum atomic E-state index is 11.2. The van der Waals surface area contributed by atoms with Crippen LogP contribution in [-0.2, 0) is 19.4 Å². The maximum absolute atomic E-state index is 11.2. The number of aromatic nitrogens is 2. The lowest BCUT2D eigenvalue weighted by Crippen LogP contribution is -2.08. The molecule has 1 N–H and O–H groups in total. The van der Waals surface area contributed by atoms with Gasteiger partial charge in [-0.1, -0.05) is 6.07 Å². The van der Waals surface area contributed by atoms with E-state index in [9.17, 15) is 10.1 Å². The van der Waals surface area contributed by atoms with Crippen LogP contribution < -0.4 is 0 Å². The van der Waals surface area contributed by atoms with Gasteiger partial charge < -0.3 is 5.11 Å². The Labute approximate surface area is 115 Å². The first kappa shape index (κ1) is 12.8. The fourth-order valence-electron chi connectivity index (χ4n) is 2.69. The topological polar surface area (TPSA) is 81.2 Å². The lowest BCUT2D eigenvalue weighted by atomic mass is 10.0. The van der Waals surface area contributed by atoms with Crippen molar-refractivity contribution in [2.24, 2.45) is 0 Å². The standard InChI is InChI=1S/C14H15N3O3/c18-8-10-5-6-13(14(7-10)17(19)20)16-9-15-11-3-1-2-4-12(11)16/h5-7,9,18H,1-4,8H2. The summed E-state index contributed by atoms with van der Waals surface area (Å²) >= 11 is 0. The molecule has 0 bridgehead atoms. The van der Waals surface area contributed by atoms with Crippen molar-refractivity contribution in [1.82, 2.24) is 9.55 Å². The Morgan fingerprint density at radius 1 is 1.35 bits per heavy atom. The number of aryl methyl sites for hydroxylation is 1. The number of imidazole rings is 1.